The maximum Gasteiger partial charge on any atom is 0.240 e. The van der Waals surface area contributed by atoms with Crippen molar-refractivity contribution in [3.8, 4) is 0 Å². The molecule has 0 saturated heterocycles. The Morgan fingerprint density at radius 3 is 2.56 bits per heavy atom. The zero-order valence-corrected chi connectivity index (χ0v) is 10.7. The van der Waals surface area contributed by atoms with Gasteiger partial charge in [-0.3, -0.25) is 9.59 Å². The third kappa shape index (κ3) is 4.16. The molecule has 1 aromatic rings. The van der Waals surface area contributed by atoms with Crippen molar-refractivity contribution in [1.82, 2.24) is 5.32 Å². The summed E-state index contributed by atoms with van der Waals surface area (Å²) in [4.78, 5) is 24.4. The molecule has 98 valence electrons. The summed E-state index contributed by atoms with van der Waals surface area (Å²) in [6.45, 7) is 4.89. The van der Waals surface area contributed by atoms with Crippen molar-refractivity contribution in [2.45, 2.75) is 26.8 Å². The number of benzene rings is 1. The highest BCUT2D eigenvalue weighted by Gasteiger charge is 2.16. The Hall–Kier alpha value is -1.91. The fourth-order valence-corrected chi connectivity index (χ4v) is 1.54. The van der Waals surface area contributed by atoms with Crippen LogP contribution in [0.4, 0.5) is 10.1 Å². The summed E-state index contributed by atoms with van der Waals surface area (Å²) in [7, 11) is 0. The van der Waals surface area contributed by atoms with Gasteiger partial charge in [-0.15, -0.1) is 0 Å². The molecule has 0 bridgehead atoms. The lowest BCUT2D eigenvalue weighted by molar-refractivity contribution is -0.123. The Morgan fingerprint density at radius 1 is 1.39 bits per heavy atom. The molecule has 0 saturated carbocycles. The minimum atomic E-state index is -0.442. The van der Waals surface area contributed by atoms with Crippen LogP contribution in [0.1, 0.15) is 20.8 Å². The minimum Gasteiger partial charge on any atom is -0.352 e. The van der Waals surface area contributed by atoms with Gasteiger partial charge in [0.2, 0.25) is 11.8 Å². The topological polar surface area (TPSA) is 49.4 Å². The normalized spacial score (nSPS) is 10.3. The van der Waals surface area contributed by atoms with E-state index in [-0.39, 0.29) is 24.4 Å². The lowest BCUT2D eigenvalue weighted by atomic mass is 10.2. The van der Waals surface area contributed by atoms with Crippen molar-refractivity contribution in [2.24, 2.45) is 0 Å². The molecule has 0 aliphatic heterocycles. The van der Waals surface area contributed by atoms with Gasteiger partial charge in [-0.05, 0) is 32.0 Å². The van der Waals surface area contributed by atoms with Crippen molar-refractivity contribution < 1.29 is 14.0 Å². The van der Waals surface area contributed by atoms with Gasteiger partial charge < -0.3 is 10.2 Å². The van der Waals surface area contributed by atoms with E-state index >= 15 is 0 Å². The number of carbonyl (C=O) groups excluding carboxylic acids is 2. The smallest absolute Gasteiger partial charge is 0.240 e. The third-order valence-electron chi connectivity index (χ3n) is 2.25. The Balaban J connectivity index is 2.84. The molecule has 5 heteroatoms. The molecule has 1 rings (SSSR count). The van der Waals surface area contributed by atoms with Gasteiger partial charge >= 0.3 is 0 Å². The second-order valence-electron chi connectivity index (χ2n) is 4.31. The number of halogens is 1. The molecule has 1 N–H and O–H groups in total. The van der Waals surface area contributed by atoms with Gasteiger partial charge in [-0.1, -0.05) is 6.07 Å². The first kappa shape index (κ1) is 14.2. The van der Waals surface area contributed by atoms with Crippen LogP contribution in [-0.2, 0) is 9.59 Å². The van der Waals surface area contributed by atoms with Crippen LogP contribution in [0.25, 0.3) is 0 Å². The highest BCUT2D eigenvalue weighted by molar-refractivity contribution is 5.97. The average Bonchev–Trinajstić information content (AvgIpc) is 2.24. The first-order valence-electron chi connectivity index (χ1n) is 5.73. The predicted octanol–water partition coefficient (Wildman–Crippen LogP) is 1.70. The van der Waals surface area contributed by atoms with E-state index in [1.807, 2.05) is 13.8 Å². The van der Waals surface area contributed by atoms with Crippen molar-refractivity contribution in [2.75, 3.05) is 11.4 Å². The molecule has 4 nitrogen and oxygen atoms in total. The Labute approximate surface area is 106 Å². The van der Waals surface area contributed by atoms with Gasteiger partial charge in [-0.25, -0.2) is 4.39 Å². The molecule has 0 radical (unpaired) electrons. The molecule has 0 aliphatic rings. The number of carbonyl (C=O) groups is 2. The third-order valence-corrected chi connectivity index (χ3v) is 2.25. The van der Waals surface area contributed by atoms with Crippen LogP contribution >= 0.6 is 0 Å². The SMILES string of the molecule is CC(=O)N(CC(=O)NC(C)C)c1cccc(F)c1. The van der Waals surface area contributed by atoms with E-state index in [1.54, 1.807) is 6.07 Å². The van der Waals surface area contributed by atoms with E-state index in [4.69, 9.17) is 0 Å². The first-order valence-corrected chi connectivity index (χ1v) is 5.73. The second-order valence-corrected chi connectivity index (χ2v) is 4.31. The monoisotopic (exact) mass is 252 g/mol. The summed E-state index contributed by atoms with van der Waals surface area (Å²) in [5.74, 6) is -1.02. The maximum atomic E-state index is 13.1. The zero-order valence-electron chi connectivity index (χ0n) is 10.7. The summed E-state index contributed by atoms with van der Waals surface area (Å²) < 4.78 is 13.1. The van der Waals surface area contributed by atoms with Crippen LogP contribution in [0.15, 0.2) is 24.3 Å². The number of amides is 2. The molecule has 0 spiro atoms. The molecular weight excluding hydrogens is 235 g/mol. The summed E-state index contributed by atoms with van der Waals surface area (Å²) in [5, 5.41) is 2.69. The highest BCUT2D eigenvalue weighted by atomic mass is 19.1. The molecular formula is C13H17FN2O2. The average molecular weight is 252 g/mol. The van der Waals surface area contributed by atoms with Crippen LogP contribution in [0, 0.1) is 5.82 Å². The minimum absolute atomic E-state index is 0.00109. The summed E-state index contributed by atoms with van der Waals surface area (Å²) in [6, 6.07) is 5.60. The quantitative estimate of drug-likeness (QED) is 0.886. The highest BCUT2D eigenvalue weighted by Crippen LogP contribution is 2.15. The molecule has 0 unspecified atom stereocenters. The molecule has 0 heterocycles. The predicted molar refractivity (Wildman–Crippen MR) is 67.7 cm³/mol. The summed E-state index contributed by atoms with van der Waals surface area (Å²) in [5.41, 5.74) is 0.376. The van der Waals surface area contributed by atoms with Gasteiger partial charge in [-0.2, -0.15) is 0 Å². The number of nitrogens with zero attached hydrogens (tertiary/aromatic N) is 1. The number of nitrogens with one attached hydrogen (secondary N) is 1. The standard InChI is InChI=1S/C13H17FN2O2/c1-9(2)15-13(18)8-16(10(3)17)12-6-4-5-11(14)7-12/h4-7,9H,8H2,1-3H3,(H,15,18). The van der Waals surface area contributed by atoms with Crippen LogP contribution in [0.5, 0.6) is 0 Å². The van der Waals surface area contributed by atoms with Crippen molar-refractivity contribution in [3.05, 3.63) is 30.1 Å². The number of anilines is 1. The maximum absolute atomic E-state index is 13.1. The molecule has 1 aromatic carbocycles. The van der Waals surface area contributed by atoms with Crippen molar-refractivity contribution >= 4 is 17.5 Å². The zero-order chi connectivity index (χ0) is 13.7. The summed E-state index contributed by atoms with van der Waals surface area (Å²) in [6.07, 6.45) is 0. The van der Waals surface area contributed by atoms with Crippen LogP contribution in [-0.4, -0.2) is 24.4 Å². The van der Waals surface area contributed by atoms with E-state index < -0.39 is 5.82 Å². The Morgan fingerprint density at radius 2 is 2.06 bits per heavy atom. The summed E-state index contributed by atoms with van der Waals surface area (Å²) >= 11 is 0. The molecule has 2 amide bonds. The van der Waals surface area contributed by atoms with Gasteiger partial charge in [0.15, 0.2) is 0 Å². The first-order chi connectivity index (χ1) is 8.40. The van der Waals surface area contributed by atoms with E-state index in [2.05, 4.69) is 5.32 Å². The van der Waals surface area contributed by atoms with E-state index in [9.17, 15) is 14.0 Å². The van der Waals surface area contributed by atoms with E-state index in [0.29, 0.717) is 5.69 Å². The largest absolute Gasteiger partial charge is 0.352 e. The van der Waals surface area contributed by atoms with E-state index in [0.717, 1.165) is 0 Å². The van der Waals surface area contributed by atoms with Gasteiger partial charge in [0, 0.05) is 18.7 Å². The number of hydrogen-bond donors (Lipinski definition) is 1. The number of hydrogen-bond acceptors (Lipinski definition) is 2. The van der Waals surface area contributed by atoms with Crippen molar-refractivity contribution in [3.63, 3.8) is 0 Å². The fourth-order valence-electron chi connectivity index (χ4n) is 1.54. The lowest BCUT2D eigenvalue weighted by Gasteiger charge is -2.21. The van der Waals surface area contributed by atoms with Gasteiger partial charge in [0.25, 0.3) is 0 Å². The number of rotatable bonds is 4. The van der Waals surface area contributed by atoms with E-state index in [1.165, 1.54) is 30.0 Å². The lowest BCUT2D eigenvalue weighted by Crippen LogP contribution is -2.42. The van der Waals surface area contributed by atoms with Crippen LogP contribution < -0.4 is 10.2 Å². The Kier molecular flexibility index (Phi) is 4.83. The molecule has 0 atom stereocenters. The van der Waals surface area contributed by atoms with Crippen molar-refractivity contribution in [1.29, 1.82) is 0 Å². The molecule has 18 heavy (non-hydrogen) atoms. The molecule has 0 aromatic heterocycles. The van der Waals surface area contributed by atoms with Gasteiger partial charge in [0.1, 0.15) is 12.4 Å². The molecule has 0 aliphatic carbocycles. The van der Waals surface area contributed by atoms with Crippen LogP contribution in [0.2, 0.25) is 0 Å². The fraction of sp³-hybridized carbons (Fsp3) is 0.385. The van der Waals surface area contributed by atoms with Crippen LogP contribution in [0.3, 0.4) is 0 Å². The Bertz CT molecular complexity index is 446. The van der Waals surface area contributed by atoms with Gasteiger partial charge in [0.05, 0.1) is 0 Å². The second kappa shape index (κ2) is 6.14. The molecule has 0 fully saturated rings.